The Morgan fingerprint density at radius 2 is 1.79 bits per heavy atom. The normalized spacial score (nSPS) is 25.9. The number of phenols is 3. The van der Waals surface area contributed by atoms with Crippen LogP contribution in [0.15, 0.2) is 30.3 Å². The number of benzene rings is 3. The van der Waals surface area contributed by atoms with Gasteiger partial charge in [-0.05, 0) is 55.8 Å². The number of aromatic hydroxyl groups is 3. The van der Waals surface area contributed by atoms with Crippen molar-refractivity contribution in [1.82, 2.24) is 0 Å². The lowest BCUT2D eigenvalue weighted by molar-refractivity contribution is -0.173. The van der Waals surface area contributed by atoms with Crippen molar-refractivity contribution in [1.29, 1.82) is 0 Å². The van der Waals surface area contributed by atoms with Gasteiger partial charge in [-0.2, -0.15) is 0 Å². The summed E-state index contributed by atoms with van der Waals surface area (Å²) in [4.78, 5) is 0. The smallest absolute Gasteiger partial charge is 0.163 e. The summed E-state index contributed by atoms with van der Waals surface area (Å²) in [6.45, 7) is 6.20. The average molecular weight is 382 g/mol. The second kappa shape index (κ2) is 5.43. The first-order valence-electron chi connectivity index (χ1n) is 9.31. The molecule has 2 heterocycles. The minimum atomic E-state index is -0.654. The van der Waals surface area contributed by atoms with Crippen molar-refractivity contribution in [2.24, 2.45) is 0 Å². The summed E-state index contributed by atoms with van der Waals surface area (Å²) in [5.41, 5.74) is 0.390. The minimum absolute atomic E-state index is 0.0101. The second-order valence-corrected chi connectivity index (χ2v) is 8.34. The van der Waals surface area contributed by atoms with E-state index in [1.165, 1.54) is 12.1 Å². The summed E-state index contributed by atoms with van der Waals surface area (Å²) in [6.07, 6.45) is 0.392. The van der Waals surface area contributed by atoms with Crippen molar-refractivity contribution in [2.75, 3.05) is 6.61 Å². The van der Waals surface area contributed by atoms with Crippen LogP contribution in [0.1, 0.15) is 26.3 Å². The summed E-state index contributed by atoms with van der Waals surface area (Å²) in [7, 11) is 0. The molecule has 1 unspecified atom stereocenters. The van der Waals surface area contributed by atoms with Crippen LogP contribution in [-0.4, -0.2) is 39.4 Å². The van der Waals surface area contributed by atoms with Crippen LogP contribution < -0.4 is 4.74 Å². The van der Waals surface area contributed by atoms with E-state index in [-0.39, 0.29) is 23.4 Å². The summed E-state index contributed by atoms with van der Waals surface area (Å²) in [6, 6.07) is 8.24. The standard InChI is InChI=1S/C22H22O6/c1-21(2)26-10-22(3,28-21)18-9-15-14-7-11-6-12(23)8-16(24)19(11)20(25)13(14)4-5-17(15)27-18/h4-8,18,23-25H,9-10H2,1-3H3/t18-,22?/m1/s1. The van der Waals surface area contributed by atoms with Crippen LogP contribution in [-0.2, 0) is 15.9 Å². The van der Waals surface area contributed by atoms with Gasteiger partial charge in [-0.1, -0.05) is 0 Å². The van der Waals surface area contributed by atoms with Gasteiger partial charge in [0.25, 0.3) is 0 Å². The SMILES string of the molecule is CC1(C)OCC(C)([C@H]2Cc3c(ccc4c(O)c5c(O)cc(O)cc5cc34)O2)O1. The highest BCUT2D eigenvalue weighted by molar-refractivity contribution is 6.09. The predicted molar refractivity (Wildman–Crippen MR) is 104 cm³/mol. The highest BCUT2D eigenvalue weighted by atomic mass is 16.8. The molecule has 3 aromatic carbocycles. The van der Waals surface area contributed by atoms with Crippen molar-refractivity contribution >= 4 is 21.5 Å². The Balaban J connectivity index is 1.65. The Bertz CT molecular complexity index is 1140. The molecule has 6 heteroatoms. The van der Waals surface area contributed by atoms with Crippen LogP contribution in [0.25, 0.3) is 21.5 Å². The van der Waals surface area contributed by atoms with E-state index in [0.717, 1.165) is 16.7 Å². The Hall–Kier alpha value is -2.70. The molecule has 28 heavy (non-hydrogen) atoms. The third-order valence-electron chi connectivity index (χ3n) is 5.76. The van der Waals surface area contributed by atoms with Gasteiger partial charge in [-0.15, -0.1) is 0 Å². The monoisotopic (exact) mass is 382 g/mol. The molecule has 0 amide bonds. The molecule has 1 saturated heterocycles. The number of phenolic OH excluding ortho intramolecular Hbond substituents is 3. The van der Waals surface area contributed by atoms with Crippen LogP contribution in [0.4, 0.5) is 0 Å². The van der Waals surface area contributed by atoms with Crippen LogP contribution >= 0.6 is 0 Å². The molecule has 5 rings (SSSR count). The summed E-state index contributed by atoms with van der Waals surface area (Å²) in [5, 5.41) is 33.1. The lowest BCUT2D eigenvalue weighted by Gasteiger charge is -2.30. The molecule has 0 aromatic heterocycles. The summed E-state index contributed by atoms with van der Waals surface area (Å²) < 4.78 is 18.1. The van der Waals surface area contributed by atoms with E-state index in [1.807, 2.05) is 32.9 Å². The Morgan fingerprint density at radius 1 is 1.00 bits per heavy atom. The molecule has 1 fully saturated rings. The van der Waals surface area contributed by atoms with Gasteiger partial charge in [-0.25, -0.2) is 0 Å². The fourth-order valence-corrected chi connectivity index (χ4v) is 4.45. The highest BCUT2D eigenvalue weighted by Crippen LogP contribution is 2.47. The number of ether oxygens (including phenoxy) is 3. The second-order valence-electron chi connectivity index (χ2n) is 8.34. The Morgan fingerprint density at radius 3 is 2.50 bits per heavy atom. The van der Waals surface area contributed by atoms with Gasteiger partial charge in [0.1, 0.15) is 34.7 Å². The molecule has 2 aliphatic rings. The van der Waals surface area contributed by atoms with Gasteiger partial charge in [-0.3, -0.25) is 0 Å². The number of rotatable bonds is 1. The van der Waals surface area contributed by atoms with Crippen molar-refractivity contribution in [3.63, 3.8) is 0 Å². The largest absolute Gasteiger partial charge is 0.508 e. The van der Waals surface area contributed by atoms with Crippen LogP contribution in [0, 0.1) is 0 Å². The Labute approximate surface area is 161 Å². The maximum Gasteiger partial charge on any atom is 0.163 e. The van der Waals surface area contributed by atoms with Gasteiger partial charge < -0.3 is 29.5 Å². The van der Waals surface area contributed by atoms with E-state index < -0.39 is 11.4 Å². The molecule has 146 valence electrons. The van der Waals surface area contributed by atoms with Crippen LogP contribution in [0.5, 0.6) is 23.0 Å². The molecule has 0 spiro atoms. The highest BCUT2D eigenvalue weighted by Gasteiger charge is 2.50. The first-order valence-corrected chi connectivity index (χ1v) is 9.31. The summed E-state index contributed by atoms with van der Waals surface area (Å²) >= 11 is 0. The molecular formula is C22H22O6. The van der Waals surface area contributed by atoms with E-state index in [4.69, 9.17) is 14.2 Å². The molecule has 0 radical (unpaired) electrons. The molecule has 0 aliphatic carbocycles. The van der Waals surface area contributed by atoms with Gasteiger partial charge in [0, 0.05) is 23.4 Å². The number of fused-ring (bicyclic) bond motifs is 4. The van der Waals surface area contributed by atoms with Gasteiger partial charge in [0.2, 0.25) is 0 Å². The number of hydrogen-bond acceptors (Lipinski definition) is 6. The zero-order chi connectivity index (χ0) is 19.8. The van der Waals surface area contributed by atoms with E-state index in [0.29, 0.717) is 29.2 Å². The van der Waals surface area contributed by atoms with E-state index in [1.54, 1.807) is 6.07 Å². The third kappa shape index (κ3) is 2.41. The van der Waals surface area contributed by atoms with Crippen molar-refractivity contribution in [2.45, 2.75) is 44.7 Å². The quantitative estimate of drug-likeness (QED) is 0.552. The lowest BCUT2D eigenvalue weighted by atomic mass is 9.92. The number of hydrogen-bond donors (Lipinski definition) is 3. The first-order chi connectivity index (χ1) is 13.2. The fourth-order valence-electron chi connectivity index (χ4n) is 4.45. The molecule has 2 aliphatic heterocycles. The molecule has 0 saturated carbocycles. The predicted octanol–water partition coefficient (Wildman–Crippen LogP) is 3.95. The van der Waals surface area contributed by atoms with Crippen molar-refractivity contribution < 1.29 is 29.5 Å². The van der Waals surface area contributed by atoms with Crippen LogP contribution in [0.2, 0.25) is 0 Å². The molecular weight excluding hydrogens is 360 g/mol. The van der Waals surface area contributed by atoms with E-state index in [2.05, 4.69) is 0 Å². The summed E-state index contributed by atoms with van der Waals surface area (Å²) in [5.74, 6) is -0.135. The van der Waals surface area contributed by atoms with Crippen LogP contribution in [0.3, 0.4) is 0 Å². The lowest BCUT2D eigenvalue weighted by Crippen LogP contribution is -2.45. The zero-order valence-electron chi connectivity index (χ0n) is 15.9. The third-order valence-corrected chi connectivity index (χ3v) is 5.76. The van der Waals surface area contributed by atoms with E-state index in [9.17, 15) is 15.3 Å². The maximum absolute atomic E-state index is 10.8. The van der Waals surface area contributed by atoms with Gasteiger partial charge in [0.15, 0.2) is 5.79 Å². The topological polar surface area (TPSA) is 88.4 Å². The fraction of sp³-hybridized carbons (Fsp3) is 0.364. The molecule has 3 N–H and O–H groups in total. The Kier molecular flexibility index (Phi) is 3.37. The molecule has 0 bridgehead atoms. The molecule has 3 aromatic rings. The van der Waals surface area contributed by atoms with Gasteiger partial charge in [0.05, 0.1) is 12.0 Å². The van der Waals surface area contributed by atoms with Crippen molar-refractivity contribution in [3.8, 4) is 23.0 Å². The average Bonchev–Trinajstić information content (AvgIpc) is 3.16. The maximum atomic E-state index is 10.8. The van der Waals surface area contributed by atoms with Gasteiger partial charge >= 0.3 is 0 Å². The zero-order valence-corrected chi connectivity index (χ0v) is 15.9. The minimum Gasteiger partial charge on any atom is -0.508 e. The molecule has 2 atom stereocenters. The van der Waals surface area contributed by atoms with E-state index >= 15 is 0 Å². The molecule has 6 nitrogen and oxygen atoms in total. The first kappa shape index (κ1) is 17.4. The van der Waals surface area contributed by atoms with Crippen molar-refractivity contribution in [3.05, 3.63) is 35.9 Å².